The van der Waals surface area contributed by atoms with Crippen LogP contribution in [0.3, 0.4) is 0 Å². The fourth-order valence-corrected chi connectivity index (χ4v) is 2.74. The lowest BCUT2D eigenvalue weighted by Crippen LogP contribution is -2.28. The van der Waals surface area contributed by atoms with Crippen molar-refractivity contribution >= 4 is 21.7 Å². The zero-order valence-corrected chi connectivity index (χ0v) is 12.6. The van der Waals surface area contributed by atoms with Gasteiger partial charge in [-0.15, -0.1) is 0 Å². The van der Waals surface area contributed by atoms with Gasteiger partial charge in [0.15, 0.2) is 5.78 Å². The van der Waals surface area contributed by atoms with E-state index in [1.165, 1.54) is 6.42 Å². The lowest BCUT2D eigenvalue weighted by atomic mass is 9.95. The molecule has 0 radical (unpaired) electrons. The van der Waals surface area contributed by atoms with Crippen LogP contribution in [0.2, 0.25) is 0 Å². The van der Waals surface area contributed by atoms with Gasteiger partial charge >= 0.3 is 0 Å². The first-order valence-electron chi connectivity index (χ1n) is 6.57. The largest absolute Gasteiger partial charge is 0.296 e. The van der Waals surface area contributed by atoms with Crippen molar-refractivity contribution in [2.75, 3.05) is 19.6 Å². The van der Waals surface area contributed by atoms with Gasteiger partial charge in [-0.25, -0.2) is 0 Å². The van der Waals surface area contributed by atoms with E-state index in [2.05, 4.69) is 34.7 Å². The highest BCUT2D eigenvalue weighted by molar-refractivity contribution is 9.10. The molecular formula is C15H20BrNO. The Morgan fingerprint density at radius 3 is 2.61 bits per heavy atom. The summed E-state index contributed by atoms with van der Waals surface area (Å²) in [6.07, 6.45) is 1.23. The Balaban J connectivity index is 1.91. The van der Waals surface area contributed by atoms with Crippen LogP contribution in [-0.4, -0.2) is 30.3 Å². The Bertz CT molecular complexity index is 413. The summed E-state index contributed by atoms with van der Waals surface area (Å²) in [5.41, 5.74) is 0.811. The molecule has 1 fully saturated rings. The second kappa shape index (κ2) is 5.98. The van der Waals surface area contributed by atoms with Gasteiger partial charge in [-0.2, -0.15) is 0 Å². The van der Waals surface area contributed by atoms with E-state index < -0.39 is 0 Å². The third-order valence-electron chi connectivity index (χ3n) is 3.79. The van der Waals surface area contributed by atoms with Gasteiger partial charge in [0.05, 0.1) is 6.54 Å². The maximum absolute atomic E-state index is 12.1. The van der Waals surface area contributed by atoms with Gasteiger partial charge in [0.2, 0.25) is 0 Å². The highest BCUT2D eigenvalue weighted by Crippen LogP contribution is 2.23. The molecule has 0 amide bonds. The Morgan fingerprint density at radius 1 is 1.39 bits per heavy atom. The van der Waals surface area contributed by atoms with Crippen molar-refractivity contribution in [2.24, 2.45) is 11.8 Å². The fourth-order valence-electron chi connectivity index (χ4n) is 2.48. The van der Waals surface area contributed by atoms with E-state index in [1.54, 1.807) is 0 Å². The Kier molecular flexibility index (Phi) is 4.57. The highest BCUT2D eigenvalue weighted by atomic mass is 79.9. The summed E-state index contributed by atoms with van der Waals surface area (Å²) in [7, 11) is 0. The molecule has 0 N–H and O–H groups in total. The summed E-state index contributed by atoms with van der Waals surface area (Å²) in [6.45, 7) is 7.23. The standard InChI is InChI=1S/C15H20BrNO/c1-11(2)13-7-8-17(9-13)10-15(18)12-3-5-14(16)6-4-12/h3-6,11,13H,7-10H2,1-2H3. The molecule has 3 heteroatoms. The van der Waals surface area contributed by atoms with Crippen LogP contribution in [0.1, 0.15) is 30.6 Å². The molecule has 1 aliphatic heterocycles. The van der Waals surface area contributed by atoms with Crippen LogP contribution >= 0.6 is 15.9 Å². The molecule has 2 rings (SSSR count). The van der Waals surface area contributed by atoms with Crippen molar-refractivity contribution in [1.29, 1.82) is 0 Å². The quantitative estimate of drug-likeness (QED) is 0.792. The van der Waals surface area contributed by atoms with Crippen LogP contribution in [0.25, 0.3) is 0 Å². The number of benzene rings is 1. The van der Waals surface area contributed by atoms with Crippen molar-refractivity contribution in [3.05, 3.63) is 34.3 Å². The molecule has 0 saturated carbocycles. The molecule has 1 aromatic carbocycles. The topological polar surface area (TPSA) is 20.3 Å². The monoisotopic (exact) mass is 309 g/mol. The van der Waals surface area contributed by atoms with Crippen LogP contribution in [0, 0.1) is 11.8 Å². The van der Waals surface area contributed by atoms with Crippen LogP contribution in [0.15, 0.2) is 28.7 Å². The molecule has 1 atom stereocenters. The maximum Gasteiger partial charge on any atom is 0.176 e. The van der Waals surface area contributed by atoms with Crippen molar-refractivity contribution in [2.45, 2.75) is 20.3 Å². The van der Waals surface area contributed by atoms with E-state index in [4.69, 9.17) is 0 Å². The number of halogens is 1. The number of carbonyl (C=O) groups excluding carboxylic acids is 1. The molecular weight excluding hydrogens is 290 g/mol. The summed E-state index contributed by atoms with van der Waals surface area (Å²) in [6, 6.07) is 7.63. The molecule has 1 saturated heterocycles. The molecule has 98 valence electrons. The Labute approximate surface area is 117 Å². The van der Waals surface area contributed by atoms with Gasteiger partial charge in [0.1, 0.15) is 0 Å². The molecule has 2 nitrogen and oxygen atoms in total. The van der Waals surface area contributed by atoms with Crippen molar-refractivity contribution in [3.63, 3.8) is 0 Å². The van der Waals surface area contributed by atoms with Crippen molar-refractivity contribution < 1.29 is 4.79 Å². The van der Waals surface area contributed by atoms with E-state index in [9.17, 15) is 4.79 Å². The summed E-state index contributed by atoms with van der Waals surface area (Å²) in [4.78, 5) is 14.4. The number of carbonyl (C=O) groups is 1. The van der Waals surface area contributed by atoms with Crippen LogP contribution in [-0.2, 0) is 0 Å². The molecule has 1 heterocycles. The molecule has 0 spiro atoms. The van der Waals surface area contributed by atoms with Crippen molar-refractivity contribution in [3.8, 4) is 0 Å². The van der Waals surface area contributed by atoms with Gasteiger partial charge < -0.3 is 0 Å². The zero-order valence-electron chi connectivity index (χ0n) is 11.0. The lowest BCUT2D eigenvalue weighted by molar-refractivity contribution is 0.0942. The number of nitrogens with zero attached hydrogens (tertiary/aromatic N) is 1. The number of hydrogen-bond donors (Lipinski definition) is 0. The fraction of sp³-hybridized carbons (Fsp3) is 0.533. The van der Waals surface area contributed by atoms with E-state index in [0.717, 1.165) is 35.0 Å². The average molecular weight is 310 g/mol. The molecule has 1 unspecified atom stereocenters. The summed E-state index contributed by atoms with van der Waals surface area (Å²) < 4.78 is 1.01. The zero-order chi connectivity index (χ0) is 13.1. The van der Waals surface area contributed by atoms with Gasteiger partial charge in [-0.3, -0.25) is 9.69 Å². The van der Waals surface area contributed by atoms with E-state index >= 15 is 0 Å². The lowest BCUT2D eigenvalue weighted by Gasteiger charge is -2.17. The normalized spacial score (nSPS) is 20.6. The summed E-state index contributed by atoms with van der Waals surface area (Å²) >= 11 is 3.38. The molecule has 18 heavy (non-hydrogen) atoms. The van der Waals surface area contributed by atoms with Crippen LogP contribution in [0.4, 0.5) is 0 Å². The van der Waals surface area contributed by atoms with Gasteiger partial charge in [-0.1, -0.05) is 41.9 Å². The predicted molar refractivity (Wildman–Crippen MR) is 77.9 cm³/mol. The van der Waals surface area contributed by atoms with Crippen LogP contribution < -0.4 is 0 Å². The number of Topliss-reactive ketones (excluding diaryl/α,β-unsaturated/α-hetero) is 1. The molecule has 1 aromatic rings. The summed E-state index contributed by atoms with van der Waals surface area (Å²) in [5, 5.41) is 0. The SMILES string of the molecule is CC(C)C1CCN(CC(=O)c2ccc(Br)cc2)C1. The highest BCUT2D eigenvalue weighted by Gasteiger charge is 2.26. The first kappa shape index (κ1) is 13.8. The number of likely N-dealkylation sites (tertiary alicyclic amines) is 1. The van der Waals surface area contributed by atoms with Crippen molar-refractivity contribution in [1.82, 2.24) is 4.90 Å². The minimum atomic E-state index is 0.229. The second-order valence-electron chi connectivity index (χ2n) is 5.46. The third-order valence-corrected chi connectivity index (χ3v) is 4.31. The summed E-state index contributed by atoms with van der Waals surface area (Å²) in [5.74, 6) is 1.70. The molecule has 0 aliphatic carbocycles. The molecule has 0 aromatic heterocycles. The molecule has 0 bridgehead atoms. The molecule has 1 aliphatic rings. The number of ketones is 1. The van der Waals surface area contributed by atoms with E-state index in [0.29, 0.717) is 6.54 Å². The minimum absolute atomic E-state index is 0.229. The number of hydrogen-bond acceptors (Lipinski definition) is 2. The Hall–Kier alpha value is -0.670. The van der Waals surface area contributed by atoms with E-state index in [-0.39, 0.29) is 5.78 Å². The minimum Gasteiger partial charge on any atom is -0.296 e. The predicted octanol–water partition coefficient (Wildman–Crippen LogP) is 3.61. The Morgan fingerprint density at radius 2 is 2.06 bits per heavy atom. The average Bonchev–Trinajstić information content (AvgIpc) is 2.78. The second-order valence-corrected chi connectivity index (χ2v) is 6.37. The van der Waals surface area contributed by atoms with Crippen LogP contribution in [0.5, 0.6) is 0 Å². The first-order chi connectivity index (χ1) is 8.56. The van der Waals surface area contributed by atoms with Gasteiger partial charge in [0, 0.05) is 16.6 Å². The number of rotatable bonds is 4. The maximum atomic E-state index is 12.1. The third kappa shape index (κ3) is 3.42. The van der Waals surface area contributed by atoms with E-state index in [1.807, 2.05) is 24.3 Å². The van der Waals surface area contributed by atoms with Gasteiger partial charge in [-0.05, 0) is 36.9 Å². The van der Waals surface area contributed by atoms with Gasteiger partial charge in [0.25, 0.3) is 0 Å². The first-order valence-corrected chi connectivity index (χ1v) is 7.36. The smallest absolute Gasteiger partial charge is 0.176 e.